The zero-order valence-electron chi connectivity index (χ0n) is 12.3. The number of carbonyl (C=O) groups excluding carboxylic acids is 1. The van der Waals surface area contributed by atoms with Crippen LogP contribution in [0, 0.1) is 21.4 Å². The fraction of sp³-hybridized carbons (Fsp3) is 0. The minimum absolute atomic E-state index is 0.0522. The fourth-order valence-corrected chi connectivity index (χ4v) is 1.76. The van der Waals surface area contributed by atoms with Crippen molar-refractivity contribution in [2.24, 2.45) is 0 Å². The van der Waals surface area contributed by atoms with Gasteiger partial charge in [-0.3, -0.25) is 14.9 Å². The monoisotopic (exact) mass is 324 g/mol. The van der Waals surface area contributed by atoms with E-state index in [4.69, 9.17) is 5.26 Å². The molecule has 2 aromatic rings. The van der Waals surface area contributed by atoms with E-state index in [1.165, 1.54) is 42.5 Å². The van der Waals surface area contributed by atoms with Crippen LogP contribution in [0.1, 0.15) is 0 Å². The maximum atomic E-state index is 12.0. The van der Waals surface area contributed by atoms with Crippen LogP contribution in [-0.2, 0) is 4.79 Å². The van der Waals surface area contributed by atoms with Gasteiger partial charge in [0.05, 0.1) is 4.92 Å². The summed E-state index contributed by atoms with van der Waals surface area (Å²) in [5.41, 5.74) is 0.457. The Morgan fingerprint density at radius 3 is 2.54 bits per heavy atom. The molecule has 0 radical (unpaired) electrons. The van der Waals surface area contributed by atoms with Gasteiger partial charge in [-0.25, -0.2) is 0 Å². The number of nitriles is 1. The average molecular weight is 324 g/mol. The number of phenolic OH excluding ortho intramolecular Hbond substituents is 1. The van der Waals surface area contributed by atoms with Gasteiger partial charge in [0.1, 0.15) is 17.4 Å². The van der Waals surface area contributed by atoms with Crippen LogP contribution in [0.4, 0.5) is 17.1 Å². The molecule has 0 aliphatic carbocycles. The first-order chi connectivity index (χ1) is 11.5. The minimum atomic E-state index is -0.652. The maximum Gasteiger partial charge on any atom is 0.271 e. The molecule has 0 aliphatic rings. The number of non-ortho nitro benzene ring substituents is 1. The van der Waals surface area contributed by atoms with Gasteiger partial charge in [0.25, 0.3) is 11.6 Å². The largest absolute Gasteiger partial charge is 0.508 e. The van der Waals surface area contributed by atoms with Crippen LogP contribution in [0.15, 0.2) is 60.3 Å². The number of anilines is 2. The first kappa shape index (κ1) is 16.5. The Bertz CT molecular complexity index is 838. The van der Waals surface area contributed by atoms with Crippen molar-refractivity contribution in [2.75, 3.05) is 10.6 Å². The number of hydrogen-bond donors (Lipinski definition) is 3. The summed E-state index contributed by atoms with van der Waals surface area (Å²) >= 11 is 0. The number of nitrogens with zero attached hydrogens (tertiary/aromatic N) is 2. The lowest BCUT2D eigenvalue weighted by Gasteiger charge is -2.05. The summed E-state index contributed by atoms with van der Waals surface area (Å²) < 4.78 is 0. The zero-order chi connectivity index (χ0) is 17.5. The predicted octanol–water partition coefficient (Wildman–Crippen LogP) is 2.76. The van der Waals surface area contributed by atoms with Crippen molar-refractivity contribution < 1.29 is 14.8 Å². The first-order valence-corrected chi connectivity index (χ1v) is 6.71. The highest BCUT2D eigenvalue weighted by molar-refractivity contribution is 6.06. The van der Waals surface area contributed by atoms with E-state index in [0.29, 0.717) is 11.4 Å². The Balaban J connectivity index is 2.10. The van der Waals surface area contributed by atoms with Gasteiger partial charge >= 0.3 is 0 Å². The summed E-state index contributed by atoms with van der Waals surface area (Å²) in [5.74, 6) is -0.600. The van der Waals surface area contributed by atoms with Crippen molar-refractivity contribution in [3.8, 4) is 11.8 Å². The summed E-state index contributed by atoms with van der Waals surface area (Å²) in [6.45, 7) is 0. The zero-order valence-corrected chi connectivity index (χ0v) is 12.3. The van der Waals surface area contributed by atoms with Gasteiger partial charge in [0.15, 0.2) is 0 Å². The second kappa shape index (κ2) is 7.42. The van der Waals surface area contributed by atoms with Gasteiger partial charge in [0, 0.05) is 29.7 Å². The third-order valence-electron chi connectivity index (χ3n) is 2.93. The van der Waals surface area contributed by atoms with Crippen LogP contribution >= 0.6 is 0 Å². The number of nitro benzene ring substituents is 1. The van der Waals surface area contributed by atoms with E-state index >= 15 is 0 Å². The molecule has 0 bridgehead atoms. The molecule has 24 heavy (non-hydrogen) atoms. The van der Waals surface area contributed by atoms with Crippen LogP contribution in [0.3, 0.4) is 0 Å². The van der Waals surface area contributed by atoms with E-state index in [-0.39, 0.29) is 17.0 Å². The van der Waals surface area contributed by atoms with Crippen LogP contribution in [-0.4, -0.2) is 15.9 Å². The SMILES string of the molecule is N#C/C(=C/Nc1cccc([N+](=O)[O-])c1)C(=O)Nc1ccc(O)cc1. The highest BCUT2D eigenvalue weighted by Gasteiger charge is 2.10. The number of carbonyl (C=O) groups is 1. The first-order valence-electron chi connectivity index (χ1n) is 6.71. The number of amides is 1. The molecule has 3 N–H and O–H groups in total. The van der Waals surface area contributed by atoms with E-state index in [1.807, 2.05) is 0 Å². The molecule has 0 heterocycles. The molecule has 120 valence electrons. The Morgan fingerprint density at radius 2 is 1.92 bits per heavy atom. The summed E-state index contributed by atoms with van der Waals surface area (Å²) in [5, 5.41) is 34.1. The molecule has 0 atom stereocenters. The molecule has 1 amide bonds. The van der Waals surface area contributed by atoms with Crippen molar-refractivity contribution in [1.82, 2.24) is 0 Å². The standard InChI is InChI=1S/C16H12N4O4/c17-9-11(16(22)19-12-4-6-15(21)7-5-12)10-18-13-2-1-3-14(8-13)20(23)24/h1-8,10,18,21H,(H,19,22)/b11-10-. The van der Waals surface area contributed by atoms with Gasteiger partial charge < -0.3 is 15.7 Å². The summed E-state index contributed by atoms with van der Waals surface area (Å²) in [7, 11) is 0. The summed E-state index contributed by atoms with van der Waals surface area (Å²) in [6.07, 6.45) is 1.16. The lowest BCUT2D eigenvalue weighted by molar-refractivity contribution is -0.384. The molecular formula is C16H12N4O4. The van der Waals surface area contributed by atoms with Gasteiger partial charge in [0.2, 0.25) is 0 Å². The molecular weight excluding hydrogens is 312 g/mol. The Morgan fingerprint density at radius 1 is 1.21 bits per heavy atom. The number of nitrogens with one attached hydrogen (secondary N) is 2. The molecule has 0 unspecified atom stereocenters. The number of benzene rings is 2. The van der Waals surface area contributed by atoms with Gasteiger partial charge in [-0.2, -0.15) is 5.26 Å². The smallest absolute Gasteiger partial charge is 0.271 e. The van der Waals surface area contributed by atoms with Crippen molar-refractivity contribution in [2.45, 2.75) is 0 Å². The topological polar surface area (TPSA) is 128 Å². The lowest BCUT2D eigenvalue weighted by atomic mass is 10.2. The van der Waals surface area contributed by atoms with Crippen molar-refractivity contribution in [3.05, 3.63) is 70.4 Å². The summed E-state index contributed by atoms with van der Waals surface area (Å²) in [6, 6.07) is 13.2. The Hall–Kier alpha value is -3.86. The second-order valence-corrected chi connectivity index (χ2v) is 4.62. The molecule has 2 rings (SSSR count). The van der Waals surface area contributed by atoms with E-state index in [0.717, 1.165) is 6.20 Å². The number of phenols is 1. The number of aromatic hydroxyl groups is 1. The van der Waals surface area contributed by atoms with Crippen LogP contribution in [0.5, 0.6) is 5.75 Å². The quantitative estimate of drug-likeness (QED) is 0.255. The summed E-state index contributed by atoms with van der Waals surface area (Å²) in [4.78, 5) is 22.2. The fourth-order valence-electron chi connectivity index (χ4n) is 1.76. The normalized spacial score (nSPS) is 10.5. The molecule has 0 saturated heterocycles. The average Bonchev–Trinajstić information content (AvgIpc) is 2.57. The molecule has 8 nitrogen and oxygen atoms in total. The molecule has 0 saturated carbocycles. The van der Waals surface area contributed by atoms with Gasteiger partial charge in [-0.15, -0.1) is 0 Å². The van der Waals surface area contributed by atoms with Crippen LogP contribution in [0.2, 0.25) is 0 Å². The van der Waals surface area contributed by atoms with E-state index in [9.17, 15) is 20.0 Å². The third kappa shape index (κ3) is 4.32. The number of nitro groups is 1. The van der Waals surface area contributed by atoms with Crippen molar-refractivity contribution >= 4 is 23.0 Å². The molecule has 0 spiro atoms. The highest BCUT2D eigenvalue weighted by Crippen LogP contribution is 2.18. The maximum absolute atomic E-state index is 12.0. The van der Waals surface area contributed by atoms with Gasteiger partial charge in [-0.05, 0) is 30.3 Å². The van der Waals surface area contributed by atoms with Crippen LogP contribution < -0.4 is 10.6 Å². The Kier molecular flexibility index (Phi) is 5.10. The van der Waals surface area contributed by atoms with Crippen LogP contribution in [0.25, 0.3) is 0 Å². The third-order valence-corrected chi connectivity index (χ3v) is 2.93. The molecule has 2 aromatic carbocycles. The van der Waals surface area contributed by atoms with E-state index in [2.05, 4.69) is 10.6 Å². The van der Waals surface area contributed by atoms with E-state index in [1.54, 1.807) is 12.1 Å². The van der Waals surface area contributed by atoms with Crippen molar-refractivity contribution in [1.29, 1.82) is 5.26 Å². The van der Waals surface area contributed by atoms with E-state index < -0.39 is 10.8 Å². The minimum Gasteiger partial charge on any atom is -0.508 e. The molecule has 0 fully saturated rings. The molecule has 0 aliphatic heterocycles. The highest BCUT2D eigenvalue weighted by atomic mass is 16.6. The van der Waals surface area contributed by atoms with Crippen molar-refractivity contribution in [3.63, 3.8) is 0 Å². The predicted molar refractivity (Wildman–Crippen MR) is 87.2 cm³/mol. The molecule has 0 aromatic heterocycles. The Labute approximate surface area is 136 Å². The number of hydrogen-bond acceptors (Lipinski definition) is 6. The second-order valence-electron chi connectivity index (χ2n) is 4.62. The molecule has 8 heteroatoms. The lowest BCUT2D eigenvalue weighted by Crippen LogP contribution is -2.14. The van der Waals surface area contributed by atoms with Gasteiger partial charge in [-0.1, -0.05) is 6.07 Å². The number of rotatable bonds is 5.